The Morgan fingerprint density at radius 2 is 1.07 bits per heavy atom. The van der Waals surface area contributed by atoms with Crippen LogP contribution in [0.25, 0.3) is 50.3 Å². The van der Waals surface area contributed by atoms with Gasteiger partial charge in [0.2, 0.25) is 0 Å². The lowest BCUT2D eigenvalue weighted by atomic mass is 9.72. The minimum Gasteiger partial charge on any atom is -0.366 e. The Morgan fingerprint density at radius 3 is 1.85 bits per heavy atom. The highest BCUT2D eigenvalue weighted by molar-refractivity contribution is 7.19. The Labute approximate surface area is 420 Å². The molecule has 4 heterocycles. The third-order valence-electron chi connectivity index (χ3n) is 18.1. The number of rotatable bonds is 9. The van der Waals surface area contributed by atoms with E-state index in [1.807, 2.05) is 0 Å². The lowest BCUT2D eigenvalue weighted by Crippen LogP contribution is -2.74. The van der Waals surface area contributed by atoms with E-state index in [0.29, 0.717) is 24.2 Å². The summed E-state index contributed by atoms with van der Waals surface area (Å²) >= 11 is 0. The minimum absolute atomic E-state index is 0.501. The number of fused-ring (bicyclic) bond motifs is 7. The average molecular weight is 942 g/mol. The lowest BCUT2D eigenvalue weighted by molar-refractivity contribution is 0.179. The second-order valence-corrected chi connectivity index (χ2v) is 26.1. The molecule has 3 saturated carbocycles. The number of para-hydroxylation sites is 1. The van der Waals surface area contributed by atoms with Crippen molar-refractivity contribution in [2.24, 2.45) is 23.7 Å². The van der Waals surface area contributed by atoms with Crippen LogP contribution < -0.4 is 30.5 Å². The molecule has 0 radical (unpaired) electrons. The summed E-state index contributed by atoms with van der Waals surface area (Å²) in [7, 11) is -2.84. The first-order valence-electron chi connectivity index (χ1n) is 26.8. The first-order chi connectivity index (χ1) is 35.0. The van der Waals surface area contributed by atoms with Crippen LogP contribution in [-0.2, 0) is 0 Å². The Bertz CT molecular complexity index is 3310. The minimum atomic E-state index is -2.84. The molecule has 6 heteroatoms. The molecule has 71 heavy (non-hydrogen) atoms. The van der Waals surface area contributed by atoms with Crippen molar-refractivity contribution in [1.82, 2.24) is 14.5 Å². The quantitative estimate of drug-likeness (QED) is 0.107. The number of aromatic nitrogens is 3. The van der Waals surface area contributed by atoms with Crippen molar-refractivity contribution in [2.75, 3.05) is 9.80 Å². The number of piperidine rings is 2. The van der Waals surface area contributed by atoms with Gasteiger partial charge in [-0.05, 0) is 139 Å². The van der Waals surface area contributed by atoms with Crippen molar-refractivity contribution >= 4 is 62.0 Å². The maximum absolute atomic E-state index is 5.75. The van der Waals surface area contributed by atoms with Crippen LogP contribution in [0.4, 0.5) is 11.4 Å². The van der Waals surface area contributed by atoms with Gasteiger partial charge in [-0.15, -0.1) is 0 Å². The number of benzene rings is 7. The fourth-order valence-electron chi connectivity index (χ4n) is 15.4. The first-order valence-corrected chi connectivity index (χ1v) is 28.8. The molecule has 0 N–H and O–H groups in total. The van der Waals surface area contributed by atoms with Crippen molar-refractivity contribution in [1.29, 1.82) is 0 Å². The first kappa shape index (κ1) is 43.1. The molecule has 5 aliphatic rings. The van der Waals surface area contributed by atoms with Crippen LogP contribution in [0.2, 0.25) is 0 Å². The van der Waals surface area contributed by atoms with E-state index in [1.54, 1.807) is 0 Å². The summed E-state index contributed by atoms with van der Waals surface area (Å²) < 4.78 is 2.46. The third-order valence-corrected chi connectivity index (χ3v) is 22.9. The number of anilines is 2. The van der Waals surface area contributed by atoms with E-state index in [0.717, 1.165) is 52.1 Å². The molecule has 5 nitrogen and oxygen atoms in total. The maximum atomic E-state index is 5.75. The molecular formula is C65H63N5Si. The van der Waals surface area contributed by atoms with Crippen molar-refractivity contribution in [2.45, 2.75) is 95.8 Å². The van der Waals surface area contributed by atoms with Crippen LogP contribution in [0.1, 0.15) is 71.6 Å². The second kappa shape index (κ2) is 17.2. The van der Waals surface area contributed by atoms with Gasteiger partial charge in [-0.1, -0.05) is 159 Å². The molecule has 5 bridgehead atoms. The zero-order chi connectivity index (χ0) is 47.2. The Balaban J connectivity index is 0.981. The van der Waals surface area contributed by atoms with E-state index >= 15 is 0 Å². The fraction of sp³-hybridized carbons (Fsp3) is 0.292. The molecule has 9 aromatic rings. The highest BCUT2D eigenvalue weighted by Crippen LogP contribution is 2.52. The molecule has 2 aliphatic heterocycles. The standard InChI is InChI=1S/C65H63N5Si/c1-43-32-45-34-44(2)68(53(33-43)35-45)50-18-14-16-47(37-50)61-42-64(70-62-27-13-12-26-59(62)60-31-30-52(41-63(60)70)69-51-29-28-46-36-54(69)39-49(46)38-51)67-65(66-61)48-17-15-25-58(40-48)71(55-19-6-3-7-20-55,56-21-8-4-9-22-56)57-23-10-5-11-24-57/h3-27,30-31,37,40-46,49,51,53-54H,28-29,32-36,38-39H2,1-2H3. The van der Waals surface area contributed by atoms with E-state index in [2.05, 4.69) is 216 Å². The van der Waals surface area contributed by atoms with Crippen molar-refractivity contribution in [3.8, 4) is 28.5 Å². The van der Waals surface area contributed by atoms with Crippen LogP contribution in [0.3, 0.4) is 0 Å². The lowest BCUT2D eigenvalue weighted by Gasteiger charge is -2.50. The van der Waals surface area contributed by atoms with Crippen LogP contribution in [0.5, 0.6) is 0 Å². The third kappa shape index (κ3) is 7.14. The Hall–Kier alpha value is -6.76. The van der Waals surface area contributed by atoms with Crippen molar-refractivity contribution < 1.29 is 0 Å². The molecule has 0 amide bonds. The molecule has 3 aliphatic carbocycles. The van der Waals surface area contributed by atoms with Gasteiger partial charge >= 0.3 is 0 Å². The molecule has 5 fully saturated rings. The molecular weight excluding hydrogens is 879 g/mol. The molecule has 0 spiro atoms. The van der Waals surface area contributed by atoms with Crippen molar-refractivity contribution in [3.05, 3.63) is 188 Å². The Kier molecular flexibility index (Phi) is 10.4. The predicted octanol–water partition coefficient (Wildman–Crippen LogP) is 12.5. The van der Waals surface area contributed by atoms with Crippen molar-refractivity contribution in [3.63, 3.8) is 0 Å². The summed E-state index contributed by atoms with van der Waals surface area (Å²) in [4.78, 5) is 17.0. The zero-order valence-electron chi connectivity index (χ0n) is 41.1. The second-order valence-electron chi connectivity index (χ2n) is 22.3. The van der Waals surface area contributed by atoms with Gasteiger partial charge in [-0.3, -0.25) is 4.57 Å². The Morgan fingerprint density at radius 1 is 0.437 bits per heavy atom. The summed E-state index contributed by atoms with van der Waals surface area (Å²) in [5, 5.41) is 7.88. The summed E-state index contributed by atoms with van der Waals surface area (Å²) in [5.74, 6) is 5.07. The summed E-state index contributed by atoms with van der Waals surface area (Å²) in [6.45, 7) is 4.92. The van der Waals surface area contributed by atoms with Gasteiger partial charge in [0.1, 0.15) is 5.82 Å². The molecule has 14 rings (SSSR count). The zero-order valence-corrected chi connectivity index (χ0v) is 42.1. The van der Waals surface area contributed by atoms with Gasteiger partial charge in [-0.25, -0.2) is 9.97 Å². The van der Waals surface area contributed by atoms with E-state index < -0.39 is 8.07 Å². The van der Waals surface area contributed by atoms with Gasteiger partial charge in [0.05, 0.1) is 16.7 Å². The SMILES string of the molecule is CC1CC2CC(C)N(c3cccc(-c4cc(-n5c6ccccc6c6ccc(N7C8CCC9CC7CC9C8)cc65)nc(-c5cccc([Si](c6ccccc6)(c6ccccc6)c6ccccc6)c5)n4)c3)C(C1)C2. The highest BCUT2D eigenvalue weighted by Gasteiger charge is 2.49. The smallest absolute Gasteiger partial charge is 0.179 e. The fourth-order valence-corrected chi connectivity index (χ4v) is 20.2. The molecule has 2 aromatic heterocycles. The molecule has 8 atom stereocenters. The van der Waals surface area contributed by atoms with Crippen LogP contribution in [0.15, 0.2) is 188 Å². The van der Waals surface area contributed by atoms with E-state index in [-0.39, 0.29) is 0 Å². The molecule has 8 unspecified atom stereocenters. The molecule has 352 valence electrons. The van der Waals surface area contributed by atoms with Crippen LogP contribution >= 0.6 is 0 Å². The monoisotopic (exact) mass is 941 g/mol. The summed E-state index contributed by atoms with van der Waals surface area (Å²) in [6, 6.07) is 73.2. The molecule has 7 aromatic carbocycles. The maximum Gasteiger partial charge on any atom is 0.179 e. The van der Waals surface area contributed by atoms with Crippen LogP contribution in [0, 0.1) is 23.7 Å². The topological polar surface area (TPSA) is 37.2 Å². The summed E-state index contributed by atoms with van der Waals surface area (Å²) in [5.41, 5.74) is 8.16. The van der Waals surface area contributed by atoms with E-state index in [1.165, 1.54) is 112 Å². The van der Waals surface area contributed by atoms with Gasteiger partial charge in [-0.2, -0.15) is 0 Å². The van der Waals surface area contributed by atoms with Crippen LogP contribution in [-0.4, -0.2) is 46.8 Å². The normalized spacial score (nSPS) is 24.8. The average Bonchev–Trinajstić information content (AvgIpc) is 3.88. The van der Waals surface area contributed by atoms with E-state index in [4.69, 9.17) is 9.97 Å². The van der Waals surface area contributed by atoms with Gasteiger partial charge < -0.3 is 9.80 Å². The summed E-state index contributed by atoms with van der Waals surface area (Å²) in [6.07, 6.45) is 11.9. The molecule has 2 saturated heterocycles. The largest absolute Gasteiger partial charge is 0.366 e. The van der Waals surface area contributed by atoms with Gasteiger partial charge in [0.15, 0.2) is 13.9 Å². The number of hydrogen-bond donors (Lipinski definition) is 0. The van der Waals surface area contributed by atoms with E-state index in [9.17, 15) is 0 Å². The highest BCUT2D eigenvalue weighted by atomic mass is 28.3. The van der Waals surface area contributed by atoms with Gasteiger partial charge in [0, 0.05) is 63.5 Å². The predicted molar refractivity (Wildman–Crippen MR) is 298 cm³/mol. The van der Waals surface area contributed by atoms with Gasteiger partial charge in [0.25, 0.3) is 0 Å². The number of nitrogens with zero attached hydrogens (tertiary/aromatic N) is 5. The number of hydrogen-bond acceptors (Lipinski definition) is 4.